The lowest BCUT2D eigenvalue weighted by molar-refractivity contribution is -0.151. The van der Waals surface area contributed by atoms with Crippen LogP contribution in [0.5, 0.6) is 0 Å². The Bertz CT molecular complexity index is 672. The van der Waals surface area contributed by atoms with Gasteiger partial charge in [0.2, 0.25) is 5.91 Å². The summed E-state index contributed by atoms with van der Waals surface area (Å²) in [6.45, 7) is 3.32. The highest BCUT2D eigenvalue weighted by atomic mass is 16.5. The normalized spacial score (nSPS) is 20.7. The van der Waals surface area contributed by atoms with Crippen LogP contribution in [0.25, 0.3) is 6.08 Å². The molecule has 27 heavy (non-hydrogen) atoms. The number of amides is 2. The summed E-state index contributed by atoms with van der Waals surface area (Å²) >= 11 is 0. The smallest absolute Gasteiger partial charge is 0.328 e. The third kappa shape index (κ3) is 7.25. The first kappa shape index (κ1) is 20.7. The van der Waals surface area contributed by atoms with E-state index in [9.17, 15) is 14.4 Å². The van der Waals surface area contributed by atoms with Crippen molar-refractivity contribution in [2.75, 3.05) is 6.61 Å². The van der Waals surface area contributed by atoms with Crippen LogP contribution in [-0.2, 0) is 19.1 Å². The van der Waals surface area contributed by atoms with E-state index in [-0.39, 0.29) is 18.6 Å². The van der Waals surface area contributed by atoms with Gasteiger partial charge in [0, 0.05) is 12.1 Å². The molecule has 1 aromatic rings. The maximum Gasteiger partial charge on any atom is 0.328 e. The molecule has 2 N–H and O–H groups in total. The number of benzene rings is 1. The molecule has 0 heterocycles. The fourth-order valence-electron chi connectivity index (χ4n) is 3.10. The second-order valence-corrected chi connectivity index (χ2v) is 7.02. The Hall–Kier alpha value is -2.63. The maximum absolute atomic E-state index is 12.0. The van der Waals surface area contributed by atoms with Crippen molar-refractivity contribution in [2.24, 2.45) is 5.92 Å². The summed E-state index contributed by atoms with van der Waals surface area (Å²) in [6, 6.07) is 8.68. The first-order valence-corrected chi connectivity index (χ1v) is 9.45. The molecule has 0 bridgehead atoms. The van der Waals surface area contributed by atoms with E-state index >= 15 is 0 Å². The summed E-state index contributed by atoms with van der Waals surface area (Å²) in [7, 11) is 0. The van der Waals surface area contributed by atoms with E-state index in [2.05, 4.69) is 17.6 Å². The largest absolute Gasteiger partial charge is 0.454 e. The van der Waals surface area contributed by atoms with Gasteiger partial charge in [-0.3, -0.25) is 9.59 Å². The highest BCUT2D eigenvalue weighted by Crippen LogP contribution is 2.23. The van der Waals surface area contributed by atoms with E-state index in [1.165, 1.54) is 19.4 Å². The van der Waals surface area contributed by atoms with Crippen LogP contribution in [0.2, 0.25) is 0 Å². The number of rotatable bonds is 7. The van der Waals surface area contributed by atoms with Crippen LogP contribution in [0.15, 0.2) is 36.4 Å². The summed E-state index contributed by atoms with van der Waals surface area (Å²) in [4.78, 5) is 35.8. The van der Waals surface area contributed by atoms with Gasteiger partial charge >= 0.3 is 5.97 Å². The molecule has 0 aromatic heterocycles. The van der Waals surface area contributed by atoms with Gasteiger partial charge in [-0.15, -0.1) is 0 Å². The second kappa shape index (κ2) is 10.5. The molecule has 1 aromatic carbocycles. The standard InChI is InChI=1S/C21H28N2O4/c1-15-8-6-7-11-18(15)23-20(25)14-27-21(26)16(2)22-19(24)13-12-17-9-4-3-5-10-17/h3-5,9-10,12-13,15-16,18H,6-8,11,14H2,1-2H3,(H,22,24)(H,23,25)/b13-12+/t15-,16+,18+/m1/s1. The zero-order chi connectivity index (χ0) is 19.6. The summed E-state index contributed by atoms with van der Waals surface area (Å²) in [6.07, 6.45) is 7.38. The van der Waals surface area contributed by atoms with Crippen LogP contribution in [0.3, 0.4) is 0 Å². The average molecular weight is 372 g/mol. The molecule has 1 aliphatic rings. The van der Waals surface area contributed by atoms with Crippen molar-refractivity contribution >= 4 is 23.9 Å². The summed E-state index contributed by atoms with van der Waals surface area (Å²) < 4.78 is 5.02. The van der Waals surface area contributed by atoms with E-state index in [4.69, 9.17) is 4.74 Å². The van der Waals surface area contributed by atoms with Crippen molar-refractivity contribution in [3.05, 3.63) is 42.0 Å². The van der Waals surface area contributed by atoms with Gasteiger partial charge in [0.15, 0.2) is 6.61 Å². The highest BCUT2D eigenvalue weighted by molar-refractivity contribution is 5.94. The third-order valence-electron chi connectivity index (χ3n) is 4.74. The number of nitrogens with one attached hydrogen (secondary N) is 2. The van der Waals surface area contributed by atoms with Gasteiger partial charge in [-0.1, -0.05) is 50.1 Å². The van der Waals surface area contributed by atoms with Crippen molar-refractivity contribution in [3.8, 4) is 0 Å². The van der Waals surface area contributed by atoms with Gasteiger partial charge in [-0.05, 0) is 37.3 Å². The molecule has 1 fully saturated rings. The van der Waals surface area contributed by atoms with Gasteiger partial charge in [-0.2, -0.15) is 0 Å². The molecule has 0 aliphatic heterocycles. The van der Waals surface area contributed by atoms with Crippen molar-refractivity contribution in [1.82, 2.24) is 10.6 Å². The Kier molecular flexibility index (Phi) is 8.04. The molecule has 0 radical (unpaired) electrons. The molecule has 1 aliphatic carbocycles. The van der Waals surface area contributed by atoms with Crippen LogP contribution in [0.1, 0.15) is 45.1 Å². The molecular weight excluding hydrogens is 344 g/mol. The molecular formula is C21H28N2O4. The van der Waals surface area contributed by atoms with Gasteiger partial charge in [0.1, 0.15) is 6.04 Å². The van der Waals surface area contributed by atoms with E-state index in [0.29, 0.717) is 5.92 Å². The molecule has 6 heteroatoms. The minimum Gasteiger partial charge on any atom is -0.454 e. The van der Waals surface area contributed by atoms with Gasteiger partial charge in [-0.25, -0.2) is 4.79 Å². The molecule has 6 nitrogen and oxygen atoms in total. The third-order valence-corrected chi connectivity index (χ3v) is 4.74. The highest BCUT2D eigenvalue weighted by Gasteiger charge is 2.23. The minimum atomic E-state index is -0.834. The van der Waals surface area contributed by atoms with Gasteiger partial charge in [0.05, 0.1) is 0 Å². The van der Waals surface area contributed by atoms with Crippen molar-refractivity contribution < 1.29 is 19.1 Å². The molecule has 2 amide bonds. The van der Waals surface area contributed by atoms with Crippen molar-refractivity contribution in [2.45, 2.75) is 51.6 Å². The number of hydrogen-bond donors (Lipinski definition) is 2. The summed E-state index contributed by atoms with van der Waals surface area (Å²) in [5.74, 6) is -0.898. The Balaban J connectivity index is 1.70. The fraction of sp³-hybridized carbons (Fsp3) is 0.476. The first-order chi connectivity index (χ1) is 13.0. The van der Waals surface area contributed by atoms with Gasteiger partial charge < -0.3 is 15.4 Å². The maximum atomic E-state index is 12.0. The van der Waals surface area contributed by atoms with Crippen LogP contribution in [-0.4, -0.2) is 36.5 Å². The molecule has 146 valence electrons. The van der Waals surface area contributed by atoms with E-state index in [0.717, 1.165) is 24.8 Å². The quantitative estimate of drug-likeness (QED) is 0.569. The fourth-order valence-corrected chi connectivity index (χ4v) is 3.10. The minimum absolute atomic E-state index is 0.144. The molecule has 2 rings (SSSR count). The Morgan fingerprint density at radius 2 is 1.89 bits per heavy atom. The SMILES string of the molecule is C[C@H](NC(=O)/C=C/c1ccccc1)C(=O)OCC(=O)N[C@H]1CCCC[C@H]1C. The lowest BCUT2D eigenvalue weighted by atomic mass is 9.86. The number of carbonyl (C=O) groups excluding carboxylic acids is 3. The zero-order valence-electron chi connectivity index (χ0n) is 15.9. The second-order valence-electron chi connectivity index (χ2n) is 7.02. The van der Waals surface area contributed by atoms with Gasteiger partial charge in [0.25, 0.3) is 5.91 Å². The Morgan fingerprint density at radius 3 is 2.59 bits per heavy atom. The van der Waals surface area contributed by atoms with Crippen LogP contribution >= 0.6 is 0 Å². The molecule has 3 atom stereocenters. The molecule has 0 unspecified atom stereocenters. The topological polar surface area (TPSA) is 84.5 Å². The monoisotopic (exact) mass is 372 g/mol. The lowest BCUT2D eigenvalue weighted by Gasteiger charge is -2.29. The summed E-state index contributed by atoms with van der Waals surface area (Å²) in [5, 5.41) is 5.46. The zero-order valence-corrected chi connectivity index (χ0v) is 15.9. The van der Waals surface area contributed by atoms with Crippen molar-refractivity contribution in [3.63, 3.8) is 0 Å². The number of esters is 1. The van der Waals surface area contributed by atoms with E-state index in [1.54, 1.807) is 6.08 Å². The summed E-state index contributed by atoms with van der Waals surface area (Å²) in [5.41, 5.74) is 0.886. The predicted molar refractivity (Wildman–Crippen MR) is 104 cm³/mol. The molecule has 1 saturated carbocycles. The first-order valence-electron chi connectivity index (χ1n) is 9.45. The van der Waals surface area contributed by atoms with Crippen LogP contribution < -0.4 is 10.6 Å². The lowest BCUT2D eigenvalue weighted by Crippen LogP contribution is -2.44. The number of hydrogen-bond acceptors (Lipinski definition) is 4. The average Bonchev–Trinajstić information content (AvgIpc) is 2.67. The van der Waals surface area contributed by atoms with E-state index < -0.39 is 17.9 Å². The van der Waals surface area contributed by atoms with E-state index in [1.807, 2.05) is 30.3 Å². The Labute approximate surface area is 160 Å². The predicted octanol–water partition coefficient (Wildman–Crippen LogP) is 2.44. The number of carbonyl (C=O) groups is 3. The molecule has 0 saturated heterocycles. The van der Waals surface area contributed by atoms with Crippen LogP contribution in [0, 0.1) is 5.92 Å². The Morgan fingerprint density at radius 1 is 1.19 bits per heavy atom. The molecule has 0 spiro atoms. The van der Waals surface area contributed by atoms with Crippen molar-refractivity contribution in [1.29, 1.82) is 0 Å². The number of ether oxygens (including phenoxy) is 1. The van der Waals surface area contributed by atoms with Crippen LogP contribution in [0.4, 0.5) is 0 Å².